The molecule has 126 valence electrons. The topological polar surface area (TPSA) is 74.7 Å². The number of aromatic nitrogens is 1. The lowest BCUT2D eigenvalue weighted by Gasteiger charge is -2.27. The number of carbonyl (C=O) groups excluding carboxylic acids is 1. The molecule has 0 bridgehead atoms. The summed E-state index contributed by atoms with van der Waals surface area (Å²) >= 11 is 3.29. The molecule has 1 amide bonds. The molecule has 6 nitrogen and oxygen atoms in total. The van der Waals surface area contributed by atoms with E-state index in [9.17, 15) is 9.90 Å². The van der Waals surface area contributed by atoms with Crippen LogP contribution in [0.5, 0.6) is 5.75 Å². The van der Waals surface area contributed by atoms with Crippen molar-refractivity contribution in [2.45, 2.75) is 6.54 Å². The molecule has 24 heavy (non-hydrogen) atoms. The van der Waals surface area contributed by atoms with Crippen LogP contribution in [0.2, 0.25) is 0 Å². The Bertz CT molecular complexity index is 716. The largest absolute Gasteiger partial charge is 0.507 e. The summed E-state index contributed by atoms with van der Waals surface area (Å²) in [6.45, 7) is 3.46. The van der Waals surface area contributed by atoms with Crippen molar-refractivity contribution in [3.63, 3.8) is 0 Å². The van der Waals surface area contributed by atoms with E-state index in [1.54, 1.807) is 18.3 Å². The molecule has 2 aromatic rings. The second kappa shape index (κ2) is 7.63. The zero-order valence-electron chi connectivity index (χ0n) is 13.0. The van der Waals surface area contributed by atoms with Gasteiger partial charge in [0.05, 0.1) is 18.8 Å². The molecule has 7 heteroatoms. The molecular weight excluding hydrogens is 374 g/mol. The minimum Gasteiger partial charge on any atom is -0.507 e. The quantitative estimate of drug-likeness (QED) is 0.836. The van der Waals surface area contributed by atoms with Gasteiger partial charge in [-0.3, -0.25) is 4.79 Å². The van der Waals surface area contributed by atoms with Crippen LogP contribution in [0.1, 0.15) is 15.9 Å². The van der Waals surface area contributed by atoms with Crippen LogP contribution in [0, 0.1) is 0 Å². The Morgan fingerprint density at radius 1 is 1.29 bits per heavy atom. The number of anilines is 1. The van der Waals surface area contributed by atoms with Crippen molar-refractivity contribution in [2.75, 3.05) is 31.2 Å². The number of rotatable bonds is 4. The predicted octanol–water partition coefficient (Wildman–Crippen LogP) is 2.32. The van der Waals surface area contributed by atoms with E-state index in [0.717, 1.165) is 42.2 Å². The maximum absolute atomic E-state index is 12.2. The lowest BCUT2D eigenvalue weighted by Crippen LogP contribution is -2.36. The minimum atomic E-state index is -0.328. The molecule has 1 aliphatic heterocycles. The molecule has 1 aromatic carbocycles. The highest BCUT2D eigenvalue weighted by Crippen LogP contribution is 2.21. The molecule has 2 heterocycles. The first-order valence-corrected chi connectivity index (χ1v) is 8.47. The summed E-state index contributed by atoms with van der Waals surface area (Å²) in [4.78, 5) is 18.8. The van der Waals surface area contributed by atoms with Gasteiger partial charge in [0.15, 0.2) is 0 Å². The SMILES string of the molecule is O=C(NCc1ccc(N2CCOCC2)nc1)c1cc(Br)ccc1O. The Labute approximate surface area is 148 Å². The molecule has 0 radical (unpaired) electrons. The molecular formula is C17H18BrN3O3. The highest BCUT2D eigenvalue weighted by molar-refractivity contribution is 9.10. The second-order valence-electron chi connectivity index (χ2n) is 5.47. The van der Waals surface area contributed by atoms with Crippen LogP contribution in [0.25, 0.3) is 0 Å². The fourth-order valence-corrected chi connectivity index (χ4v) is 2.83. The Morgan fingerprint density at radius 2 is 2.08 bits per heavy atom. The van der Waals surface area contributed by atoms with Crippen molar-refractivity contribution in [2.24, 2.45) is 0 Å². The van der Waals surface area contributed by atoms with E-state index in [4.69, 9.17) is 4.74 Å². The number of hydrogen-bond donors (Lipinski definition) is 2. The van der Waals surface area contributed by atoms with Gasteiger partial charge in [-0.25, -0.2) is 4.98 Å². The molecule has 0 unspecified atom stereocenters. The third-order valence-electron chi connectivity index (χ3n) is 3.80. The van der Waals surface area contributed by atoms with Gasteiger partial charge in [-0.15, -0.1) is 0 Å². The number of morpholine rings is 1. The van der Waals surface area contributed by atoms with Gasteiger partial charge in [-0.1, -0.05) is 22.0 Å². The number of amides is 1. The number of halogens is 1. The van der Waals surface area contributed by atoms with E-state index in [1.807, 2.05) is 12.1 Å². The maximum Gasteiger partial charge on any atom is 0.255 e. The van der Waals surface area contributed by atoms with E-state index in [0.29, 0.717) is 6.54 Å². The average Bonchev–Trinajstić information content (AvgIpc) is 2.63. The van der Waals surface area contributed by atoms with Crippen molar-refractivity contribution in [3.05, 3.63) is 52.1 Å². The van der Waals surface area contributed by atoms with Crippen LogP contribution in [-0.2, 0) is 11.3 Å². The number of benzene rings is 1. The number of pyridine rings is 1. The molecule has 1 aliphatic rings. The number of aromatic hydroxyl groups is 1. The van der Waals surface area contributed by atoms with Gasteiger partial charge in [-0.05, 0) is 29.8 Å². The van der Waals surface area contributed by atoms with Crippen molar-refractivity contribution < 1.29 is 14.6 Å². The summed E-state index contributed by atoms with van der Waals surface area (Å²) in [6, 6.07) is 8.64. The Hall–Kier alpha value is -2.12. The van der Waals surface area contributed by atoms with E-state index in [-0.39, 0.29) is 17.2 Å². The van der Waals surface area contributed by atoms with Gasteiger partial charge in [0, 0.05) is 30.3 Å². The number of phenols is 1. The lowest BCUT2D eigenvalue weighted by molar-refractivity contribution is 0.0948. The smallest absolute Gasteiger partial charge is 0.255 e. The number of phenolic OH excluding ortho intramolecular Hbond substituents is 1. The van der Waals surface area contributed by atoms with Crippen molar-refractivity contribution in [3.8, 4) is 5.75 Å². The predicted molar refractivity (Wildman–Crippen MR) is 94.2 cm³/mol. The molecule has 0 saturated carbocycles. The second-order valence-corrected chi connectivity index (χ2v) is 6.38. The minimum absolute atomic E-state index is 0.0449. The summed E-state index contributed by atoms with van der Waals surface area (Å²) in [6.07, 6.45) is 1.76. The number of ether oxygens (including phenoxy) is 1. The van der Waals surface area contributed by atoms with Gasteiger partial charge in [0.25, 0.3) is 5.91 Å². The van der Waals surface area contributed by atoms with Gasteiger partial charge >= 0.3 is 0 Å². The van der Waals surface area contributed by atoms with E-state index in [2.05, 4.69) is 31.1 Å². The number of nitrogens with zero attached hydrogens (tertiary/aromatic N) is 2. The van der Waals surface area contributed by atoms with Gasteiger partial charge < -0.3 is 20.1 Å². The van der Waals surface area contributed by atoms with Crippen LogP contribution in [0.15, 0.2) is 41.0 Å². The standard InChI is InChI=1S/C17H18BrN3O3/c18-13-2-3-15(22)14(9-13)17(23)20-11-12-1-4-16(19-10-12)21-5-7-24-8-6-21/h1-4,9-10,22H,5-8,11H2,(H,20,23). The summed E-state index contributed by atoms with van der Waals surface area (Å²) in [5.74, 6) is 0.542. The summed E-state index contributed by atoms with van der Waals surface area (Å²) < 4.78 is 6.07. The van der Waals surface area contributed by atoms with Gasteiger partial charge in [0.2, 0.25) is 0 Å². The average molecular weight is 392 g/mol. The number of hydrogen-bond acceptors (Lipinski definition) is 5. The lowest BCUT2D eigenvalue weighted by atomic mass is 10.2. The van der Waals surface area contributed by atoms with Crippen LogP contribution >= 0.6 is 15.9 Å². The highest BCUT2D eigenvalue weighted by Gasteiger charge is 2.13. The Balaban J connectivity index is 1.60. The van der Waals surface area contributed by atoms with Crippen LogP contribution in [-0.4, -0.2) is 42.3 Å². The maximum atomic E-state index is 12.2. The van der Waals surface area contributed by atoms with Gasteiger partial charge in [-0.2, -0.15) is 0 Å². The molecule has 1 saturated heterocycles. The van der Waals surface area contributed by atoms with Crippen LogP contribution in [0.4, 0.5) is 5.82 Å². The third-order valence-corrected chi connectivity index (χ3v) is 4.29. The molecule has 1 fully saturated rings. The zero-order valence-corrected chi connectivity index (χ0v) is 14.6. The third kappa shape index (κ3) is 4.04. The number of nitrogens with one attached hydrogen (secondary N) is 1. The van der Waals surface area contributed by atoms with E-state index < -0.39 is 0 Å². The van der Waals surface area contributed by atoms with Gasteiger partial charge in [0.1, 0.15) is 11.6 Å². The van der Waals surface area contributed by atoms with Crippen LogP contribution in [0.3, 0.4) is 0 Å². The fraction of sp³-hybridized carbons (Fsp3) is 0.294. The van der Waals surface area contributed by atoms with Crippen molar-refractivity contribution in [1.82, 2.24) is 10.3 Å². The Morgan fingerprint density at radius 3 is 2.79 bits per heavy atom. The van der Waals surface area contributed by atoms with Crippen molar-refractivity contribution in [1.29, 1.82) is 0 Å². The summed E-state index contributed by atoms with van der Waals surface area (Å²) in [5.41, 5.74) is 1.14. The number of carbonyl (C=O) groups is 1. The monoisotopic (exact) mass is 391 g/mol. The van der Waals surface area contributed by atoms with Crippen molar-refractivity contribution >= 4 is 27.7 Å². The molecule has 3 rings (SSSR count). The van der Waals surface area contributed by atoms with E-state index in [1.165, 1.54) is 6.07 Å². The molecule has 2 N–H and O–H groups in total. The first-order chi connectivity index (χ1) is 11.6. The molecule has 0 aliphatic carbocycles. The van der Waals surface area contributed by atoms with Crippen LogP contribution < -0.4 is 10.2 Å². The normalized spacial score (nSPS) is 14.5. The van der Waals surface area contributed by atoms with E-state index >= 15 is 0 Å². The summed E-state index contributed by atoms with van der Waals surface area (Å²) in [7, 11) is 0. The molecule has 0 atom stereocenters. The Kier molecular flexibility index (Phi) is 5.32. The first-order valence-electron chi connectivity index (χ1n) is 7.68. The molecule has 0 spiro atoms. The highest BCUT2D eigenvalue weighted by atomic mass is 79.9. The molecule has 1 aromatic heterocycles. The first kappa shape index (κ1) is 16.7. The fourth-order valence-electron chi connectivity index (χ4n) is 2.47. The zero-order chi connectivity index (χ0) is 16.9. The summed E-state index contributed by atoms with van der Waals surface area (Å²) in [5, 5.41) is 12.6.